The summed E-state index contributed by atoms with van der Waals surface area (Å²) in [4.78, 5) is 31.9. The molecule has 0 amide bonds. The molecule has 1 fully saturated rings. The van der Waals surface area contributed by atoms with Crippen LogP contribution in [0.2, 0.25) is 0 Å². The quantitative estimate of drug-likeness (QED) is 0.557. The van der Waals surface area contributed by atoms with Gasteiger partial charge in [0.15, 0.2) is 28.6 Å². The molecule has 1 unspecified atom stereocenters. The van der Waals surface area contributed by atoms with Crippen molar-refractivity contribution in [1.29, 1.82) is 0 Å². The van der Waals surface area contributed by atoms with Crippen LogP contribution in [0.1, 0.15) is 31.8 Å². The summed E-state index contributed by atoms with van der Waals surface area (Å²) in [7, 11) is 0. The van der Waals surface area contributed by atoms with Crippen molar-refractivity contribution in [1.82, 2.24) is 9.80 Å². The summed E-state index contributed by atoms with van der Waals surface area (Å²) in [5, 5.41) is 0. The standard InChI is InChI=1S/C27H23FN2O4/c28-20-7-8-21-22(15-20)26(32)27(25(21)31,19-4-2-1-3-5-19)30-12-10-29(11-13-30)16-18-6-9-23-24(14-18)34-17-33-23/h1-9,14-15H,10-13,16-17H2. The smallest absolute Gasteiger partial charge is 0.231 e. The van der Waals surface area contributed by atoms with E-state index in [-0.39, 0.29) is 29.5 Å². The molecule has 3 aromatic carbocycles. The summed E-state index contributed by atoms with van der Waals surface area (Å²) < 4.78 is 24.9. The summed E-state index contributed by atoms with van der Waals surface area (Å²) in [5.74, 6) is 0.376. The van der Waals surface area contributed by atoms with E-state index in [1.54, 1.807) is 0 Å². The molecule has 0 saturated carbocycles. The second kappa shape index (κ2) is 8.04. The van der Waals surface area contributed by atoms with Crippen LogP contribution in [0.25, 0.3) is 0 Å². The Kier molecular flexibility index (Phi) is 4.97. The van der Waals surface area contributed by atoms with Gasteiger partial charge in [0, 0.05) is 43.9 Å². The van der Waals surface area contributed by atoms with Gasteiger partial charge in [-0.15, -0.1) is 0 Å². The van der Waals surface area contributed by atoms with Crippen molar-refractivity contribution < 1.29 is 23.5 Å². The molecule has 0 N–H and O–H groups in total. The molecule has 2 aliphatic heterocycles. The highest BCUT2D eigenvalue weighted by Crippen LogP contribution is 2.43. The number of carbonyl (C=O) groups is 2. The fraction of sp³-hybridized carbons (Fsp3) is 0.259. The van der Waals surface area contributed by atoms with Crippen molar-refractivity contribution in [2.45, 2.75) is 12.1 Å². The molecule has 0 aromatic heterocycles. The second-order valence-electron chi connectivity index (χ2n) is 8.88. The molecule has 6 rings (SSSR count). The monoisotopic (exact) mass is 458 g/mol. The summed E-state index contributed by atoms with van der Waals surface area (Å²) >= 11 is 0. The van der Waals surface area contributed by atoms with Crippen LogP contribution in [0.4, 0.5) is 4.39 Å². The summed E-state index contributed by atoms with van der Waals surface area (Å²) in [6.45, 7) is 3.42. The van der Waals surface area contributed by atoms with Crippen LogP contribution in [-0.4, -0.2) is 54.3 Å². The number of ketones is 2. The largest absolute Gasteiger partial charge is 0.454 e. The van der Waals surface area contributed by atoms with Crippen LogP contribution in [0, 0.1) is 5.82 Å². The van der Waals surface area contributed by atoms with Crippen LogP contribution < -0.4 is 9.47 Å². The van der Waals surface area contributed by atoms with E-state index in [1.165, 1.54) is 18.2 Å². The SMILES string of the molecule is O=C1c2ccc(F)cc2C(=O)C1(c1ccccc1)N1CCN(Cc2ccc3c(c2)OCO3)CC1. The highest BCUT2D eigenvalue weighted by molar-refractivity contribution is 6.32. The Labute approximate surface area is 196 Å². The molecule has 2 heterocycles. The van der Waals surface area contributed by atoms with Gasteiger partial charge < -0.3 is 9.47 Å². The van der Waals surface area contributed by atoms with Crippen molar-refractivity contribution in [3.05, 3.63) is 94.8 Å². The first-order valence-corrected chi connectivity index (χ1v) is 11.4. The van der Waals surface area contributed by atoms with E-state index in [0.717, 1.165) is 23.6 Å². The van der Waals surface area contributed by atoms with Crippen LogP contribution in [-0.2, 0) is 12.1 Å². The van der Waals surface area contributed by atoms with Crippen molar-refractivity contribution in [2.75, 3.05) is 33.0 Å². The van der Waals surface area contributed by atoms with E-state index < -0.39 is 11.4 Å². The molecule has 0 spiro atoms. The van der Waals surface area contributed by atoms with Crippen LogP contribution in [0.3, 0.4) is 0 Å². The Morgan fingerprint density at radius 3 is 2.32 bits per heavy atom. The van der Waals surface area contributed by atoms with Crippen LogP contribution >= 0.6 is 0 Å². The molecule has 1 saturated heterocycles. The number of carbonyl (C=O) groups excluding carboxylic acids is 2. The van der Waals surface area contributed by atoms with Gasteiger partial charge in [0.05, 0.1) is 0 Å². The first kappa shape index (κ1) is 21.0. The number of piperazine rings is 1. The van der Waals surface area contributed by atoms with Crippen molar-refractivity contribution in [2.24, 2.45) is 0 Å². The van der Waals surface area contributed by atoms with E-state index in [1.807, 2.05) is 53.4 Å². The fourth-order valence-electron chi connectivity index (χ4n) is 5.35. The number of nitrogens with zero attached hydrogens (tertiary/aromatic N) is 2. The highest BCUT2D eigenvalue weighted by Gasteiger charge is 2.58. The molecular weight excluding hydrogens is 435 g/mol. The zero-order valence-electron chi connectivity index (χ0n) is 18.5. The van der Waals surface area contributed by atoms with Gasteiger partial charge in [-0.25, -0.2) is 4.39 Å². The maximum absolute atomic E-state index is 14.0. The minimum Gasteiger partial charge on any atom is -0.454 e. The maximum Gasteiger partial charge on any atom is 0.231 e. The van der Waals surface area contributed by atoms with Gasteiger partial charge in [-0.3, -0.25) is 19.4 Å². The lowest BCUT2D eigenvalue weighted by Crippen LogP contribution is -2.60. The molecule has 1 atom stereocenters. The van der Waals surface area contributed by atoms with Gasteiger partial charge in [-0.05, 0) is 41.5 Å². The summed E-state index contributed by atoms with van der Waals surface area (Å²) in [6, 6.07) is 19.0. The average molecular weight is 458 g/mol. The highest BCUT2D eigenvalue weighted by atomic mass is 19.1. The molecule has 0 bridgehead atoms. The van der Waals surface area contributed by atoms with E-state index in [2.05, 4.69) is 4.90 Å². The zero-order valence-corrected chi connectivity index (χ0v) is 18.5. The first-order valence-electron chi connectivity index (χ1n) is 11.4. The molecule has 3 aromatic rings. The van der Waals surface area contributed by atoms with Gasteiger partial charge in [-0.2, -0.15) is 0 Å². The predicted octanol–water partition coefficient (Wildman–Crippen LogP) is 3.65. The molecule has 7 heteroatoms. The number of Topliss-reactive ketones (excluding diaryl/α,β-unsaturated/α-hetero) is 2. The predicted molar refractivity (Wildman–Crippen MR) is 123 cm³/mol. The van der Waals surface area contributed by atoms with Crippen LogP contribution in [0.15, 0.2) is 66.7 Å². The van der Waals surface area contributed by atoms with E-state index in [0.29, 0.717) is 31.7 Å². The van der Waals surface area contributed by atoms with Gasteiger partial charge in [-0.1, -0.05) is 36.4 Å². The lowest BCUT2D eigenvalue weighted by atomic mass is 9.82. The Hall–Kier alpha value is -3.55. The zero-order chi connectivity index (χ0) is 23.3. The molecule has 0 radical (unpaired) electrons. The van der Waals surface area contributed by atoms with Crippen molar-refractivity contribution in [3.8, 4) is 11.5 Å². The van der Waals surface area contributed by atoms with Crippen molar-refractivity contribution in [3.63, 3.8) is 0 Å². The van der Waals surface area contributed by atoms with Gasteiger partial charge >= 0.3 is 0 Å². The van der Waals surface area contributed by atoms with Gasteiger partial charge in [0.25, 0.3) is 0 Å². The minimum atomic E-state index is -1.46. The Bertz CT molecular complexity index is 1290. The van der Waals surface area contributed by atoms with E-state index in [9.17, 15) is 14.0 Å². The lowest BCUT2D eigenvalue weighted by Gasteiger charge is -2.44. The number of halogens is 1. The van der Waals surface area contributed by atoms with E-state index in [4.69, 9.17) is 9.47 Å². The summed E-state index contributed by atoms with van der Waals surface area (Å²) in [5.41, 5.74) is 0.745. The molecule has 34 heavy (non-hydrogen) atoms. The van der Waals surface area contributed by atoms with Gasteiger partial charge in [0.1, 0.15) is 5.82 Å². The number of rotatable bonds is 4. The maximum atomic E-state index is 14.0. The number of fused-ring (bicyclic) bond motifs is 2. The van der Waals surface area contributed by atoms with Crippen molar-refractivity contribution >= 4 is 11.6 Å². The number of benzene rings is 3. The number of hydrogen-bond acceptors (Lipinski definition) is 6. The average Bonchev–Trinajstić information content (AvgIpc) is 3.41. The van der Waals surface area contributed by atoms with Gasteiger partial charge in [0.2, 0.25) is 6.79 Å². The fourth-order valence-corrected chi connectivity index (χ4v) is 5.35. The number of ether oxygens (including phenoxy) is 2. The topological polar surface area (TPSA) is 59.1 Å². The third kappa shape index (κ3) is 3.15. The Balaban J connectivity index is 1.28. The number of hydrogen-bond donors (Lipinski definition) is 0. The molecule has 6 nitrogen and oxygen atoms in total. The first-order chi connectivity index (χ1) is 16.6. The lowest BCUT2D eigenvalue weighted by molar-refractivity contribution is 0.0279. The Morgan fingerprint density at radius 2 is 1.53 bits per heavy atom. The van der Waals surface area contributed by atoms with Crippen LogP contribution in [0.5, 0.6) is 11.5 Å². The second-order valence-corrected chi connectivity index (χ2v) is 8.88. The molecule has 172 valence electrons. The summed E-state index contributed by atoms with van der Waals surface area (Å²) in [6.07, 6.45) is 0. The third-order valence-electron chi connectivity index (χ3n) is 7.01. The molecular formula is C27H23FN2O4. The molecule has 1 aliphatic carbocycles. The minimum absolute atomic E-state index is 0.164. The third-order valence-corrected chi connectivity index (χ3v) is 7.01. The Morgan fingerprint density at radius 1 is 0.794 bits per heavy atom. The molecule has 3 aliphatic rings. The van der Waals surface area contributed by atoms with E-state index >= 15 is 0 Å². The normalized spacial score (nSPS) is 22.3.